The molecule has 1 heterocycles. The van der Waals surface area contributed by atoms with Crippen molar-refractivity contribution in [2.75, 3.05) is 19.6 Å². The first-order valence-electron chi connectivity index (χ1n) is 9.22. The highest BCUT2D eigenvalue weighted by Crippen LogP contribution is 2.40. The Morgan fingerprint density at radius 2 is 1.78 bits per heavy atom. The zero-order valence-corrected chi connectivity index (χ0v) is 14.0. The molecule has 0 radical (unpaired) electrons. The molecule has 1 amide bonds. The average Bonchev–Trinajstić information content (AvgIpc) is 2.49. The number of hydrogen-bond acceptors (Lipinski definition) is 4. The van der Waals surface area contributed by atoms with Crippen molar-refractivity contribution in [3.63, 3.8) is 0 Å². The van der Waals surface area contributed by atoms with Crippen LogP contribution in [0.25, 0.3) is 0 Å². The van der Waals surface area contributed by atoms with Gasteiger partial charge in [-0.3, -0.25) is 4.79 Å². The number of β-amino-alcohol motifs (C(OH)–C–C–N with tert-alkyl or cyclic N) is 1. The van der Waals surface area contributed by atoms with Crippen molar-refractivity contribution in [2.45, 2.75) is 75.9 Å². The third kappa shape index (κ3) is 3.70. The summed E-state index contributed by atoms with van der Waals surface area (Å²) in [5, 5.41) is 23.0. The summed E-state index contributed by atoms with van der Waals surface area (Å²) in [5.41, 5.74) is -1.24. The fourth-order valence-electron chi connectivity index (χ4n) is 4.26. The molecule has 5 nitrogen and oxygen atoms in total. The molecular formula is C18H29N3O2. The molecule has 2 saturated carbocycles. The van der Waals surface area contributed by atoms with Crippen LogP contribution in [0.3, 0.4) is 0 Å². The Kier molecular flexibility index (Phi) is 4.93. The molecule has 2 N–H and O–H groups in total. The van der Waals surface area contributed by atoms with Crippen LogP contribution in [0.15, 0.2) is 0 Å². The lowest BCUT2D eigenvalue weighted by atomic mass is 9.69. The number of aliphatic hydroxyl groups is 1. The minimum absolute atomic E-state index is 0.0596. The van der Waals surface area contributed by atoms with E-state index < -0.39 is 11.0 Å². The molecule has 3 fully saturated rings. The van der Waals surface area contributed by atoms with Crippen molar-refractivity contribution in [3.8, 4) is 6.07 Å². The number of carbonyl (C=O) groups is 1. The van der Waals surface area contributed by atoms with Crippen LogP contribution in [0.5, 0.6) is 0 Å². The topological polar surface area (TPSA) is 76.4 Å². The van der Waals surface area contributed by atoms with E-state index in [4.69, 9.17) is 0 Å². The van der Waals surface area contributed by atoms with Gasteiger partial charge in [0.1, 0.15) is 5.41 Å². The monoisotopic (exact) mass is 319 g/mol. The van der Waals surface area contributed by atoms with Crippen molar-refractivity contribution in [1.82, 2.24) is 10.2 Å². The summed E-state index contributed by atoms with van der Waals surface area (Å²) < 4.78 is 0. The molecule has 23 heavy (non-hydrogen) atoms. The lowest BCUT2D eigenvalue weighted by Gasteiger charge is -2.41. The molecule has 3 aliphatic rings. The maximum Gasteiger partial charge on any atom is 0.240 e. The standard InChI is InChI=1S/C18H29N3O2/c19-13-17(7-4-8-17)16(22)20-15-5-11-21(12-6-15)14-18(23)9-2-1-3-10-18/h15,23H,1-12,14H2,(H,20,22). The van der Waals surface area contributed by atoms with Crippen LogP contribution in [0, 0.1) is 16.7 Å². The van der Waals surface area contributed by atoms with E-state index in [1.54, 1.807) is 0 Å². The van der Waals surface area contributed by atoms with E-state index in [0.717, 1.165) is 64.6 Å². The summed E-state index contributed by atoms with van der Waals surface area (Å²) >= 11 is 0. The number of likely N-dealkylation sites (tertiary alicyclic amines) is 1. The molecule has 2 aliphatic carbocycles. The number of piperidine rings is 1. The predicted molar refractivity (Wildman–Crippen MR) is 87.5 cm³/mol. The van der Waals surface area contributed by atoms with Gasteiger partial charge in [-0.25, -0.2) is 0 Å². The van der Waals surface area contributed by atoms with Crippen LogP contribution in [-0.2, 0) is 4.79 Å². The zero-order valence-electron chi connectivity index (χ0n) is 14.0. The van der Waals surface area contributed by atoms with Crippen LogP contribution >= 0.6 is 0 Å². The van der Waals surface area contributed by atoms with Gasteiger partial charge in [-0.2, -0.15) is 5.26 Å². The second kappa shape index (κ2) is 6.78. The van der Waals surface area contributed by atoms with Crippen molar-refractivity contribution in [1.29, 1.82) is 5.26 Å². The maximum atomic E-state index is 12.3. The molecule has 128 valence electrons. The molecule has 0 bridgehead atoms. The van der Waals surface area contributed by atoms with Gasteiger partial charge < -0.3 is 15.3 Å². The van der Waals surface area contributed by atoms with Crippen molar-refractivity contribution in [2.24, 2.45) is 5.41 Å². The highest BCUT2D eigenvalue weighted by molar-refractivity contribution is 5.86. The van der Waals surface area contributed by atoms with Gasteiger partial charge in [-0.15, -0.1) is 0 Å². The largest absolute Gasteiger partial charge is 0.389 e. The summed E-state index contributed by atoms with van der Waals surface area (Å²) in [7, 11) is 0. The van der Waals surface area contributed by atoms with E-state index in [1.165, 1.54) is 6.42 Å². The first kappa shape index (κ1) is 16.7. The van der Waals surface area contributed by atoms with E-state index in [9.17, 15) is 15.2 Å². The second-order valence-electron chi connectivity index (χ2n) is 7.86. The van der Waals surface area contributed by atoms with Crippen molar-refractivity contribution >= 4 is 5.91 Å². The smallest absolute Gasteiger partial charge is 0.240 e. The van der Waals surface area contributed by atoms with E-state index in [1.807, 2.05) is 0 Å². The maximum absolute atomic E-state index is 12.3. The molecule has 0 aromatic carbocycles. The molecule has 0 unspecified atom stereocenters. The van der Waals surface area contributed by atoms with Gasteiger partial charge >= 0.3 is 0 Å². The number of amides is 1. The predicted octanol–water partition coefficient (Wildman–Crippen LogP) is 1.96. The van der Waals surface area contributed by atoms with Crippen LogP contribution in [0.1, 0.15) is 64.2 Å². The SMILES string of the molecule is N#CC1(C(=O)NC2CCN(CC3(O)CCCCC3)CC2)CCC1. The molecule has 3 rings (SSSR count). The normalized spacial score (nSPS) is 27.7. The third-order valence-electron chi connectivity index (χ3n) is 6.08. The van der Waals surface area contributed by atoms with Gasteiger partial charge in [0.15, 0.2) is 0 Å². The quantitative estimate of drug-likeness (QED) is 0.830. The number of hydrogen-bond donors (Lipinski definition) is 2. The Morgan fingerprint density at radius 3 is 2.30 bits per heavy atom. The van der Waals surface area contributed by atoms with Gasteiger partial charge in [0.25, 0.3) is 0 Å². The summed E-state index contributed by atoms with van der Waals surface area (Å²) in [4.78, 5) is 14.7. The summed E-state index contributed by atoms with van der Waals surface area (Å²) in [5.74, 6) is -0.0596. The van der Waals surface area contributed by atoms with Crippen molar-refractivity contribution < 1.29 is 9.90 Å². The highest BCUT2D eigenvalue weighted by atomic mass is 16.3. The minimum Gasteiger partial charge on any atom is -0.389 e. The second-order valence-corrected chi connectivity index (χ2v) is 7.86. The Balaban J connectivity index is 1.43. The molecule has 1 aliphatic heterocycles. The number of rotatable bonds is 4. The van der Waals surface area contributed by atoms with Crippen LogP contribution in [0.2, 0.25) is 0 Å². The van der Waals surface area contributed by atoms with E-state index in [2.05, 4.69) is 16.3 Å². The molecule has 0 spiro atoms. The van der Waals surface area contributed by atoms with Crippen LogP contribution in [0.4, 0.5) is 0 Å². The van der Waals surface area contributed by atoms with Crippen LogP contribution < -0.4 is 5.32 Å². The fraction of sp³-hybridized carbons (Fsp3) is 0.889. The Morgan fingerprint density at radius 1 is 1.13 bits per heavy atom. The van der Waals surface area contributed by atoms with Gasteiger partial charge in [0.05, 0.1) is 11.7 Å². The summed E-state index contributed by atoms with van der Waals surface area (Å²) in [6, 6.07) is 2.40. The summed E-state index contributed by atoms with van der Waals surface area (Å²) in [6.07, 6.45) is 9.62. The first-order chi connectivity index (χ1) is 11.1. The number of nitrogens with one attached hydrogen (secondary N) is 1. The third-order valence-corrected chi connectivity index (χ3v) is 6.08. The molecule has 0 aromatic heterocycles. The highest BCUT2D eigenvalue weighted by Gasteiger charge is 2.45. The zero-order chi connectivity index (χ0) is 16.3. The molecular weight excluding hydrogens is 290 g/mol. The van der Waals surface area contributed by atoms with Gasteiger partial charge in [0, 0.05) is 25.7 Å². The van der Waals surface area contributed by atoms with Gasteiger partial charge in [-0.05, 0) is 44.9 Å². The Bertz CT molecular complexity index is 467. The average molecular weight is 319 g/mol. The van der Waals surface area contributed by atoms with Gasteiger partial charge in [-0.1, -0.05) is 19.3 Å². The molecule has 0 atom stereocenters. The Hall–Kier alpha value is -1.12. The fourth-order valence-corrected chi connectivity index (χ4v) is 4.26. The van der Waals surface area contributed by atoms with Gasteiger partial charge in [0.2, 0.25) is 5.91 Å². The van der Waals surface area contributed by atoms with E-state index in [0.29, 0.717) is 12.8 Å². The summed E-state index contributed by atoms with van der Waals surface area (Å²) in [6.45, 7) is 2.62. The molecule has 1 saturated heterocycles. The number of carbonyl (C=O) groups excluding carboxylic acids is 1. The van der Waals surface area contributed by atoms with Crippen LogP contribution in [-0.4, -0.2) is 47.2 Å². The van der Waals surface area contributed by atoms with E-state index >= 15 is 0 Å². The Labute approximate surface area is 139 Å². The number of nitrogens with zero attached hydrogens (tertiary/aromatic N) is 2. The lowest BCUT2D eigenvalue weighted by Crippen LogP contribution is -2.53. The number of nitriles is 1. The molecule has 0 aromatic rings. The lowest BCUT2D eigenvalue weighted by molar-refractivity contribution is -0.133. The molecule has 5 heteroatoms. The van der Waals surface area contributed by atoms with Crippen molar-refractivity contribution in [3.05, 3.63) is 0 Å². The van der Waals surface area contributed by atoms with E-state index in [-0.39, 0.29) is 11.9 Å². The minimum atomic E-state index is -0.742. The first-order valence-corrected chi connectivity index (χ1v) is 9.22.